The molecule has 2 rings (SSSR count). The second-order valence-electron chi connectivity index (χ2n) is 2.81. The molecule has 0 saturated carbocycles. The molecule has 0 aliphatic heterocycles. The quantitative estimate of drug-likeness (QED) is 0.566. The van der Waals surface area contributed by atoms with Crippen molar-refractivity contribution in [2.45, 2.75) is 0 Å². The number of Topliss-reactive ketones (excluding diaryl/α,β-unsaturated/α-hetero) is 1. The maximum Gasteiger partial charge on any atom is 0.239 e. The molecule has 2 N–H and O–H groups in total. The Hall–Kier alpha value is -2.17. The van der Waals surface area contributed by atoms with Gasteiger partial charge >= 0.3 is 0 Å². The van der Waals surface area contributed by atoms with Crippen LogP contribution in [0.4, 0.5) is 0 Å². The van der Waals surface area contributed by atoms with Crippen molar-refractivity contribution < 1.29 is 14.7 Å². The largest absolute Gasteiger partial charge is 0.506 e. The van der Waals surface area contributed by atoms with Crippen LogP contribution in [0.3, 0.4) is 0 Å². The molecule has 0 radical (unpaired) electrons. The molecule has 0 atom stereocenters. The molecule has 1 aromatic rings. The molecule has 0 amide bonds. The summed E-state index contributed by atoms with van der Waals surface area (Å²) in [6.45, 7) is 0. The van der Waals surface area contributed by atoms with Crippen LogP contribution < -0.4 is 5.43 Å². The lowest BCUT2D eigenvalue weighted by Gasteiger charge is -2.09. The number of aromatic nitrogens is 1. The first-order valence-corrected chi connectivity index (χ1v) is 3.82. The predicted octanol–water partition coefficient (Wildman–Crippen LogP) is 0.0392. The first kappa shape index (κ1) is 8.43. The van der Waals surface area contributed by atoms with Gasteiger partial charge in [0.15, 0.2) is 5.43 Å². The summed E-state index contributed by atoms with van der Waals surface area (Å²) in [6, 6.07) is 1.13. The summed E-state index contributed by atoms with van der Waals surface area (Å²) in [5.41, 5.74) is -0.864. The number of aliphatic hydroxyl groups excluding tert-OH is 1. The molecule has 1 heterocycles. The molecular formula is C9H5NO4. The molecule has 0 spiro atoms. The van der Waals surface area contributed by atoms with Gasteiger partial charge in [0.2, 0.25) is 11.6 Å². The Bertz CT molecular complexity index is 524. The van der Waals surface area contributed by atoms with Crippen LogP contribution in [0.1, 0.15) is 16.1 Å². The monoisotopic (exact) mass is 191 g/mol. The standard InChI is InChI=1S/C9H5NO4/c11-4-1-2-10-8-5(12)3-6(13)9(14)7(4)8/h1-3,12H,(H,10,11). The van der Waals surface area contributed by atoms with Crippen molar-refractivity contribution in [2.75, 3.05) is 0 Å². The van der Waals surface area contributed by atoms with E-state index in [0.29, 0.717) is 0 Å². The second-order valence-corrected chi connectivity index (χ2v) is 2.81. The van der Waals surface area contributed by atoms with Gasteiger partial charge in [-0.15, -0.1) is 0 Å². The van der Waals surface area contributed by atoms with Gasteiger partial charge in [0.05, 0.1) is 5.69 Å². The SMILES string of the molecule is O=C1C=C(O)c2[nH]ccc(=O)c2C1=O. The molecule has 0 unspecified atom stereocenters. The lowest BCUT2D eigenvalue weighted by Crippen LogP contribution is -2.27. The molecule has 5 heteroatoms. The van der Waals surface area contributed by atoms with Crippen LogP contribution in [0.15, 0.2) is 23.1 Å². The molecule has 70 valence electrons. The normalized spacial score (nSPS) is 15.0. The van der Waals surface area contributed by atoms with E-state index in [1.54, 1.807) is 0 Å². The van der Waals surface area contributed by atoms with Crippen LogP contribution in [0.2, 0.25) is 0 Å². The Morgan fingerprint density at radius 2 is 1.93 bits per heavy atom. The number of carbonyl (C=O) groups is 2. The molecule has 1 aliphatic rings. The first-order valence-electron chi connectivity index (χ1n) is 3.82. The lowest BCUT2D eigenvalue weighted by molar-refractivity contribution is -0.111. The zero-order valence-corrected chi connectivity index (χ0v) is 6.90. The van der Waals surface area contributed by atoms with Crippen LogP contribution in [0.5, 0.6) is 0 Å². The van der Waals surface area contributed by atoms with E-state index in [-0.39, 0.29) is 17.0 Å². The summed E-state index contributed by atoms with van der Waals surface area (Å²) in [6.07, 6.45) is 2.09. The molecule has 14 heavy (non-hydrogen) atoms. The lowest BCUT2D eigenvalue weighted by atomic mass is 9.98. The number of aromatic amines is 1. The maximum absolute atomic E-state index is 11.3. The second kappa shape index (κ2) is 2.66. The predicted molar refractivity (Wildman–Crippen MR) is 47.0 cm³/mol. The van der Waals surface area contributed by atoms with Crippen LogP contribution >= 0.6 is 0 Å². The third-order valence-electron chi connectivity index (χ3n) is 1.93. The van der Waals surface area contributed by atoms with Crippen molar-refractivity contribution in [1.29, 1.82) is 0 Å². The highest BCUT2D eigenvalue weighted by Gasteiger charge is 2.28. The fraction of sp³-hybridized carbons (Fsp3) is 0. The van der Waals surface area contributed by atoms with E-state index in [9.17, 15) is 19.5 Å². The highest BCUT2D eigenvalue weighted by Crippen LogP contribution is 2.17. The summed E-state index contributed by atoms with van der Waals surface area (Å²) < 4.78 is 0. The summed E-state index contributed by atoms with van der Waals surface area (Å²) in [7, 11) is 0. The van der Waals surface area contributed by atoms with Crippen LogP contribution in [-0.4, -0.2) is 21.7 Å². The van der Waals surface area contributed by atoms with Crippen molar-refractivity contribution in [2.24, 2.45) is 0 Å². The number of fused-ring (bicyclic) bond motifs is 1. The van der Waals surface area contributed by atoms with Crippen molar-refractivity contribution in [3.8, 4) is 0 Å². The molecular weight excluding hydrogens is 186 g/mol. The highest BCUT2D eigenvalue weighted by molar-refractivity contribution is 6.50. The Balaban J connectivity index is 2.85. The van der Waals surface area contributed by atoms with E-state index in [1.807, 2.05) is 0 Å². The minimum atomic E-state index is -0.889. The Morgan fingerprint density at radius 1 is 1.21 bits per heavy atom. The van der Waals surface area contributed by atoms with Gasteiger partial charge in [-0.2, -0.15) is 0 Å². The summed E-state index contributed by atoms with van der Waals surface area (Å²) >= 11 is 0. The number of carbonyl (C=O) groups excluding carboxylic acids is 2. The molecule has 1 aliphatic carbocycles. The molecule has 0 aromatic carbocycles. The van der Waals surface area contributed by atoms with Crippen LogP contribution in [0.25, 0.3) is 5.76 Å². The zero-order valence-electron chi connectivity index (χ0n) is 6.90. The number of nitrogens with one attached hydrogen (secondary N) is 1. The van der Waals surface area contributed by atoms with E-state index in [1.165, 1.54) is 6.20 Å². The number of hydrogen-bond donors (Lipinski definition) is 2. The van der Waals surface area contributed by atoms with Gasteiger partial charge in [-0.3, -0.25) is 14.4 Å². The Kier molecular flexibility index (Phi) is 1.60. The van der Waals surface area contributed by atoms with Gasteiger partial charge in [-0.05, 0) is 0 Å². The van der Waals surface area contributed by atoms with E-state index >= 15 is 0 Å². The van der Waals surface area contributed by atoms with Gasteiger partial charge in [0.25, 0.3) is 0 Å². The van der Waals surface area contributed by atoms with Gasteiger partial charge in [0.1, 0.15) is 11.3 Å². The number of H-pyrrole nitrogens is 1. The average Bonchev–Trinajstić information content (AvgIpc) is 2.14. The topological polar surface area (TPSA) is 87.2 Å². The molecule has 0 fully saturated rings. The number of allylic oxidation sites excluding steroid dienone is 1. The van der Waals surface area contributed by atoms with Gasteiger partial charge < -0.3 is 10.1 Å². The first-order chi connectivity index (χ1) is 6.61. The van der Waals surface area contributed by atoms with Crippen molar-refractivity contribution >= 4 is 17.3 Å². The van der Waals surface area contributed by atoms with Crippen LogP contribution in [-0.2, 0) is 4.79 Å². The van der Waals surface area contributed by atoms with Crippen molar-refractivity contribution in [3.63, 3.8) is 0 Å². The van der Waals surface area contributed by atoms with Gasteiger partial charge in [-0.1, -0.05) is 0 Å². The molecule has 5 nitrogen and oxygen atoms in total. The minimum absolute atomic E-state index is 0.00194. The Morgan fingerprint density at radius 3 is 2.64 bits per heavy atom. The summed E-state index contributed by atoms with van der Waals surface area (Å²) in [4.78, 5) is 36.0. The Labute approximate surface area is 77.7 Å². The number of hydrogen-bond acceptors (Lipinski definition) is 4. The number of ketones is 2. The maximum atomic E-state index is 11.3. The van der Waals surface area contributed by atoms with Crippen molar-refractivity contribution in [3.05, 3.63) is 39.8 Å². The summed E-state index contributed by atoms with van der Waals surface area (Å²) in [5.74, 6) is -2.16. The molecule has 0 saturated heterocycles. The molecule has 0 bridgehead atoms. The third kappa shape index (κ3) is 0.990. The fourth-order valence-electron chi connectivity index (χ4n) is 1.29. The van der Waals surface area contributed by atoms with E-state index in [0.717, 1.165) is 12.1 Å². The van der Waals surface area contributed by atoms with E-state index < -0.39 is 17.0 Å². The minimum Gasteiger partial charge on any atom is -0.506 e. The average molecular weight is 191 g/mol. The third-order valence-corrected chi connectivity index (χ3v) is 1.93. The number of aliphatic hydroxyl groups is 1. The smallest absolute Gasteiger partial charge is 0.239 e. The van der Waals surface area contributed by atoms with Gasteiger partial charge in [-0.25, -0.2) is 0 Å². The number of rotatable bonds is 0. The van der Waals surface area contributed by atoms with Crippen LogP contribution in [0, 0.1) is 0 Å². The van der Waals surface area contributed by atoms with Gasteiger partial charge in [0, 0.05) is 18.3 Å². The summed E-state index contributed by atoms with van der Waals surface area (Å²) in [5, 5.41) is 9.29. The number of pyridine rings is 1. The zero-order chi connectivity index (χ0) is 10.3. The fourth-order valence-corrected chi connectivity index (χ4v) is 1.29. The van der Waals surface area contributed by atoms with E-state index in [2.05, 4.69) is 4.98 Å². The molecule has 1 aromatic heterocycles. The van der Waals surface area contributed by atoms with E-state index in [4.69, 9.17) is 0 Å². The highest BCUT2D eigenvalue weighted by atomic mass is 16.3. The van der Waals surface area contributed by atoms with Crippen molar-refractivity contribution in [1.82, 2.24) is 4.98 Å².